The molecule has 1 atom stereocenters. The molecule has 2 heteroatoms. The number of allylic oxidation sites excluding steroid dienone is 4. The SMILES string of the molecule is C=CC(C)(O)CC/C(F)=C(\C)CCC=C(C)C. The molecule has 0 aliphatic heterocycles. The summed E-state index contributed by atoms with van der Waals surface area (Å²) in [4.78, 5) is 0. The van der Waals surface area contributed by atoms with Gasteiger partial charge < -0.3 is 5.11 Å². The standard InChI is InChI=1S/C15H25FO/c1-6-15(5,17)11-10-14(16)13(4)9-7-8-12(2)3/h6,8,17H,1,7,9-11H2,2-5H3/b14-13-. The number of halogens is 1. The van der Waals surface area contributed by atoms with Gasteiger partial charge in [-0.25, -0.2) is 4.39 Å². The Labute approximate surface area is 105 Å². The van der Waals surface area contributed by atoms with Crippen molar-refractivity contribution in [2.45, 2.75) is 59.0 Å². The predicted octanol–water partition coefficient (Wildman–Crippen LogP) is 4.69. The lowest BCUT2D eigenvalue weighted by atomic mass is 9.98. The molecule has 0 rings (SSSR count). The Balaban J connectivity index is 4.22. The highest BCUT2D eigenvalue weighted by molar-refractivity contribution is 5.08. The van der Waals surface area contributed by atoms with Gasteiger partial charge in [-0.1, -0.05) is 17.7 Å². The number of aliphatic hydroxyl groups is 1. The molecule has 17 heavy (non-hydrogen) atoms. The lowest BCUT2D eigenvalue weighted by molar-refractivity contribution is 0.101. The molecule has 0 saturated carbocycles. The van der Waals surface area contributed by atoms with Crippen molar-refractivity contribution in [3.8, 4) is 0 Å². The minimum atomic E-state index is -0.975. The second kappa shape index (κ2) is 7.44. The molecule has 1 nitrogen and oxygen atoms in total. The summed E-state index contributed by atoms with van der Waals surface area (Å²) in [5.41, 5.74) is 1.06. The van der Waals surface area contributed by atoms with E-state index in [9.17, 15) is 9.50 Å². The number of rotatable bonds is 7. The third-order valence-corrected chi connectivity index (χ3v) is 2.83. The Kier molecular flexibility index (Phi) is 7.05. The molecule has 0 spiro atoms. The van der Waals surface area contributed by atoms with Crippen molar-refractivity contribution in [1.82, 2.24) is 0 Å². The van der Waals surface area contributed by atoms with Crippen molar-refractivity contribution < 1.29 is 9.50 Å². The van der Waals surface area contributed by atoms with Crippen molar-refractivity contribution in [1.29, 1.82) is 0 Å². The Hall–Kier alpha value is -0.890. The van der Waals surface area contributed by atoms with Gasteiger partial charge in [-0.15, -0.1) is 6.58 Å². The Morgan fingerprint density at radius 3 is 2.35 bits per heavy atom. The second-order valence-corrected chi connectivity index (χ2v) is 5.07. The van der Waals surface area contributed by atoms with Crippen molar-refractivity contribution in [3.05, 3.63) is 35.7 Å². The molecule has 0 radical (unpaired) electrons. The topological polar surface area (TPSA) is 20.2 Å². The summed E-state index contributed by atoms with van der Waals surface area (Å²) in [7, 11) is 0. The van der Waals surface area contributed by atoms with Gasteiger partial charge in [0.2, 0.25) is 0 Å². The molecule has 0 aromatic rings. The van der Waals surface area contributed by atoms with E-state index in [1.165, 1.54) is 11.6 Å². The Morgan fingerprint density at radius 1 is 1.29 bits per heavy atom. The van der Waals surface area contributed by atoms with Crippen LogP contribution in [0.1, 0.15) is 53.4 Å². The third kappa shape index (κ3) is 7.92. The molecule has 0 amide bonds. The molecule has 1 unspecified atom stereocenters. The van der Waals surface area contributed by atoms with Crippen LogP contribution in [0.2, 0.25) is 0 Å². The van der Waals surface area contributed by atoms with Crippen LogP contribution in [0, 0.1) is 0 Å². The zero-order valence-electron chi connectivity index (χ0n) is 11.5. The zero-order chi connectivity index (χ0) is 13.5. The molecule has 0 aromatic heterocycles. The molecule has 0 heterocycles. The van der Waals surface area contributed by atoms with Crippen LogP contribution in [0.4, 0.5) is 4.39 Å². The van der Waals surface area contributed by atoms with E-state index in [4.69, 9.17) is 0 Å². The molecule has 0 saturated heterocycles. The van der Waals surface area contributed by atoms with Gasteiger partial charge in [-0.05, 0) is 52.5 Å². The van der Waals surface area contributed by atoms with E-state index in [1.54, 1.807) is 6.92 Å². The summed E-state index contributed by atoms with van der Waals surface area (Å²) >= 11 is 0. The second-order valence-electron chi connectivity index (χ2n) is 5.07. The summed E-state index contributed by atoms with van der Waals surface area (Å²) < 4.78 is 13.7. The van der Waals surface area contributed by atoms with Gasteiger partial charge in [-0.3, -0.25) is 0 Å². The number of hydrogen-bond acceptors (Lipinski definition) is 1. The maximum Gasteiger partial charge on any atom is 0.0990 e. The van der Waals surface area contributed by atoms with E-state index in [1.807, 2.05) is 20.8 Å². The quantitative estimate of drug-likeness (QED) is 0.640. The summed E-state index contributed by atoms with van der Waals surface area (Å²) in [6.07, 6.45) is 5.84. The van der Waals surface area contributed by atoms with Gasteiger partial charge in [0.15, 0.2) is 0 Å². The van der Waals surface area contributed by atoms with Gasteiger partial charge in [0.25, 0.3) is 0 Å². The molecule has 0 fully saturated rings. The first kappa shape index (κ1) is 16.1. The molecular weight excluding hydrogens is 215 g/mol. The van der Waals surface area contributed by atoms with Crippen molar-refractivity contribution in [3.63, 3.8) is 0 Å². The lowest BCUT2D eigenvalue weighted by Gasteiger charge is -2.17. The molecule has 0 bridgehead atoms. The van der Waals surface area contributed by atoms with Crippen LogP contribution in [0.3, 0.4) is 0 Å². The van der Waals surface area contributed by atoms with Gasteiger partial charge in [-0.2, -0.15) is 0 Å². The van der Waals surface area contributed by atoms with Crippen LogP contribution in [0.25, 0.3) is 0 Å². The van der Waals surface area contributed by atoms with Crippen LogP contribution in [0.15, 0.2) is 35.7 Å². The highest BCUT2D eigenvalue weighted by Gasteiger charge is 2.16. The van der Waals surface area contributed by atoms with Crippen molar-refractivity contribution in [2.75, 3.05) is 0 Å². The normalized spacial score (nSPS) is 15.9. The Bertz CT molecular complexity index is 307. The van der Waals surface area contributed by atoms with Crippen molar-refractivity contribution in [2.24, 2.45) is 0 Å². The van der Waals surface area contributed by atoms with Crippen LogP contribution >= 0.6 is 0 Å². The van der Waals surface area contributed by atoms with Crippen LogP contribution in [0.5, 0.6) is 0 Å². The van der Waals surface area contributed by atoms with E-state index in [0.29, 0.717) is 6.42 Å². The molecule has 0 aromatic carbocycles. The lowest BCUT2D eigenvalue weighted by Crippen LogP contribution is -2.19. The van der Waals surface area contributed by atoms with Crippen molar-refractivity contribution >= 4 is 0 Å². The zero-order valence-corrected chi connectivity index (χ0v) is 11.5. The first-order valence-corrected chi connectivity index (χ1v) is 6.12. The highest BCUT2D eigenvalue weighted by Crippen LogP contribution is 2.22. The fourth-order valence-corrected chi connectivity index (χ4v) is 1.39. The maximum absolute atomic E-state index is 13.7. The van der Waals surface area contributed by atoms with Gasteiger partial charge >= 0.3 is 0 Å². The van der Waals surface area contributed by atoms with Crippen LogP contribution in [-0.4, -0.2) is 10.7 Å². The van der Waals surface area contributed by atoms with E-state index in [0.717, 1.165) is 18.4 Å². The average molecular weight is 240 g/mol. The first-order valence-electron chi connectivity index (χ1n) is 6.12. The predicted molar refractivity (Wildman–Crippen MR) is 72.5 cm³/mol. The molecule has 1 N–H and O–H groups in total. The molecular formula is C15H25FO. The molecule has 0 aliphatic rings. The average Bonchev–Trinajstić information content (AvgIpc) is 2.25. The molecule has 98 valence electrons. The minimum Gasteiger partial charge on any atom is -0.386 e. The van der Waals surface area contributed by atoms with Crippen LogP contribution in [-0.2, 0) is 0 Å². The fraction of sp³-hybridized carbons (Fsp3) is 0.600. The van der Waals surface area contributed by atoms with E-state index in [2.05, 4.69) is 12.7 Å². The maximum atomic E-state index is 13.7. The molecule has 0 aliphatic carbocycles. The largest absolute Gasteiger partial charge is 0.386 e. The van der Waals surface area contributed by atoms with E-state index in [-0.39, 0.29) is 12.2 Å². The smallest absolute Gasteiger partial charge is 0.0990 e. The van der Waals surface area contributed by atoms with Gasteiger partial charge in [0.1, 0.15) is 0 Å². The van der Waals surface area contributed by atoms with Crippen LogP contribution < -0.4 is 0 Å². The summed E-state index contributed by atoms with van der Waals surface area (Å²) in [6.45, 7) is 11.1. The van der Waals surface area contributed by atoms with Gasteiger partial charge in [0.05, 0.1) is 11.4 Å². The first-order chi connectivity index (χ1) is 7.78. The monoisotopic (exact) mass is 240 g/mol. The minimum absolute atomic E-state index is 0.103. The summed E-state index contributed by atoms with van der Waals surface area (Å²) in [5, 5.41) is 9.69. The summed E-state index contributed by atoms with van der Waals surface area (Å²) in [5.74, 6) is -0.103. The number of hydrogen-bond donors (Lipinski definition) is 1. The van der Waals surface area contributed by atoms with Gasteiger partial charge in [0, 0.05) is 6.42 Å². The fourth-order valence-electron chi connectivity index (χ4n) is 1.39. The summed E-state index contributed by atoms with van der Waals surface area (Å²) in [6, 6.07) is 0. The Morgan fingerprint density at radius 2 is 1.88 bits per heavy atom. The van der Waals surface area contributed by atoms with E-state index < -0.39 is 5.60 Å². The third-order valence-electron chi connectivity index (χ3n) is 2.83. The highest BCUT2D eigenvalue weighted by atomic mass is 19.1. The van der Waals surface area contributed by atoms with E-state index >= 15 is 0 Å².